The molecule has 6 nitrogen and oxygen atoms in total. The summed E-state index contributed by atoms with van der Waals surface area (Å²) < 4.78 is 48.4. The maximum absolute atomic E-state index is 13.4. The molecule has 39 heavy (non-hydrogen) atoms. The summed E-state index contributed by atoms with van der Waals surface area (Å²) in [6, 6.07) is 17.2. The summed E-state index contributed by atoms with van der Waals surface area (Å²) in [7, 11) is 0. The SMILES string of the molecule is CCOc1ccc(/C(O)=C2/C(=O)C(=O)N(c3cccc(OC(F)(F)F)c3)C2c2ccccc2)cc1C(C)(C)C. The van der Waals surface area contributed by atoms with Crippen molar-refractivity contribution in [3.63, 3.8) is 0 Å². The number of aliphatic hydroxyl groups excluding tert-OH is 1. The number of amides is 1. The third-order valence-corrected chi connectivity index (χ3v) is 6.25. The minimum Gasteiger partial charge on any atom is -0.507 e. The first-order valence-corrected chi connectivity index (χ1v) is 12.3. The van der Waals surface area contributed by atoms with E-state index in [4.69, 9.17) is 4.74 Å². The summed E-state index contributed by atoms with van der Waals surface area (Å²) in [6.45, 7) is 8.23. The van der Waals surface area contributed by atoms with Gasteiger partial charge in [-0.1, -0.05) is 57.2 Å². The molecule has 4 rings (SSSR count). The van der Waals surface area contributed by atoms with Gasteiger partial charge in [-0.25, -0.2) is 0 Å². The molecule has 1 amide bonds. The Hall–Kier alpha value is -4.27. The van der Waals surface area contributed by atoms with E-state index in [1.807, 2.05) is 27.7 Å². The van der Waals surface area contributed by atoms with Gasteiger partial charge in [0.15, 0.2) is 0 Å². The lowest BCUT2D eigenvalue weighted by Gasteiger charge is -2.26. The summed E-state index contributed by atoms with van der Waals surface area (Å²) in [5.41, 5.74) is 1.03. The second kappa shape index (κ2) is 10.5. The number of rotatable bonds is 6. The number of aliphatic hydroxyl groups is 1. The van der Waals surface area contributed by atoms with Gasteiger partial charge >= 0.3 is 6.36 Å². The fraction of sp³-hybridized carbons (Fsp3) is 0.267. The lowest BCUT2D eigenvalue weighted by molar-refractivity contribution is -0.274. The molecular weight excluding hydrogens is 511 g/mol. The molecule has 1 N–H and O–H groups in total. The number of Topliss-reactive ketones (excluding diaryl/α,β-unsaturated/α-hetero) is 1. The number of halogens is 3. The zero-order valence-electron chi connectivity index (χ0n) is 21.9. The van der Waals surface area contributed by atoms with E-state index in [2.05, 4.69) is 4.74 Å². The molecule has 1 atom stereocenters. The molecule has 1 saturated heterocycles. The molecular formula is C30H28F3NO5. The molecule has 0 bridgehead atoms. The zero-order chi connectivity index (χ0) is 28.5. The standard InChI is InChI=1S/C30H28F3NO5/c1-5-38-23-15-14-19(16-22(23)29(2,3)4)26(35)24-25(18-10-7-6-8-11-18)34(28(37)27(24)36)20-12-9-13-21(17-20)39-30(31,32)33/h6-17,25,35H,5H2,1-4H3/b26-24-. The molecule has 204 valence electrons. The second-order valence-corrected chi connectivity index (χ2v) is 10.0. The largest absolute Gasteiger partial charge is 0.573 e. The van der Waals surface area contributed by atoms with Crippen LogP contribution in [0.4, 0.5) is 18.9 Å². The van der Waals surface area contributed by atoms with Gasteiger partial charge in [0.1, 0.15) is 17.3 Å². The molecule has 1 unspecified atom stereocenters. The lowest BCUT2D eigenvalue weighted by Crippen LogP contribution is -2.29. The van der Waals surface area contributed by atoms with Gasteiger partial charge in [0.05, 0.1) is 18.2 Å². The van der Waals surface area contributed by atoms with Crippen LogP contribution in [0.3, 0.4) is 0 Å². The number of hydrogen-bond acceptors (Lipinski definition) is 5. The van der Waals surface area contributed by atoms with Gasteiger partial charge in [-0.2, -0.15) is 0 Å². The van der Waals surface area contributed by atoms with Crippen molar-refractivity contribution in [1.29, 1.82) is 0 Å². The number of carbonyl (C=O) groups excluding carboxylic acids is 2. The number of ketones is 1. The maximum atomic E-state index is 13.4. The Bertz CT molecular complexity index is 1420. The summed E-state index contributed by atoms with van der Waals surface area (Å²) >= 11 is 0. The average Bonchev–Trinajstić information content (AvgIpc) is 3.13. The number of anilines is 1. The van der Waals surface area contributed by atoms with Crippen molar-refractivity contribution in [2.45, 2.75) is 45.5 Å². The molecule has 0 spiro atoms. The van der Waals surface area contributed by atoms with E-state index in [0.717, 1.165) is 22.6 Å². The van der Waals surface area contributed by atoms with E-state index in [0.29, 0.717) is 23.5 Å². The molecule has 1 fully saturated rings. The Balaban J connectivity index is 1.91. The highest BCUT2D eigenvalue weighted by Gasteiger charge is 2.47. The predicted octanol–water partition coefficient (Wildman–Crippen LogP) is 6.91. The molecule has 3 aromatic carbocycles. The van der Waals surface area contributed by atoms with Crippen LogP contribution < -0.4 is 14.4 Å². The van der Waals surface area contributed by atoms with Crippen molar-refractivity contribution in [3.05, 3.63) is 95.1 Å². The van der Waals surface area contributed by atoms with Gasteiger partial charge in [-0.15, -0.1) is 13.2 Å². The van der Waals surface area contributed by atoms with Gasteiger partial charge in [-0.3, -0.25) is 14.5 Å². The molecule has 0 aliphatic carbocycles. The van der Waals surface area contributed by atoms with Crippen molar-refractivity contribution < 1.29 is 37.3 Å². The highest BCUT2D eigenvalue weighted by Crippen LogP contribution is 2.44. The summed E-state index contributed by atoms with van der Waals surface area (Å²) in [4.78, 5) is 27.8. The van der Waals surface area contributed by atoms with Crippen molar-refractivity contribution in [3.8, 4) is 11.5 Å². The first-order chi connectivity index (χ1) is 18.3. The molecule has 0 saturated carbocycles. The zero-order valence-corrected chi connectivity index (χ0v) is 21.9. The predicted molar refractivity (Wildman–Crippen MR) is 141 cm³/mol. The Morgan fingerprint density at radius 1 is 0.949 bits per heavy atom. The van der Waals surface area contributed by atoms with E-state index in [9.17, 15) is 27.9 Å². The van der Waals surface area contributed by atoms with Gasteiger partial charge in [-0.05, 0) is 48.2 Å². The van der Waals surface area contributed by atoms with Crippen molar-refractivity contribution in [1.82, 2.24) is 0 Å². The number of alkyl halides is 3. The molecule has 0 aromatic heterocycles. The van der Waals surface area contributed by atoms with Gasteiger partial charge < -0.3 is 14.6 Å². The highest BCUT2D eigenvalue weighted by atomic mass is 19.4. The minimum absolute atomic E-state index is 0.00817. The van der Waals surface area contributed by atoms with Gasteiger partial charge in [0.25, 0.3) is 11.7 Å². The normalized spacial score (nSPS) is 17.4. The van der Waals surface area contributed by atoms with Crippen LogP contribution in [-0.4, -0.2) is 29.8 Å². The van der Waals surface area contributed by atoms with Crippen LogP contribution in [0.1, 0.15) is 50.4 Å². The number of hydrogen-bond donors (Lipinski definition) is 1. The molecule has 3 aromatic rings. The van der Waals surface area contributed by atoms with Crippen molar-refractivity contribution in [2.24, 2.45) is 0 Å². The summed E-state index contributed by atoms with van der Waals surface area (Å²) in [5, 5.41) is 11.5. The van der Waals surface area contributed by atoms with E-state index in [1.54, 1.807) is 48.5 Å². The first kappa shape index (κ1) is 27.8. The number of ether oxygens (including phenoxy) is 2. The number of carbonyl (C=O) groups is 2. The van der Waals surface area contributed by atoms with Gasteiger partial charge in [0.2, 0.25) is 0 Å². The number of nitrogens with zero attached hydrogens (tertiary/aromatic N) is 1. The summed E-state index contributed by atoms with van der Waals surface area (Å²) in [5.74, 6) is -2.27. The third kappa shape index (κ3) is 5.77. The Morgan fingerprint density at radius 2 is 1.64 bits per heavy atom. The van der Waals surface area contributed by atoms with Crippen molar-refractivity contribution >= 4 is 23.1 Å². The van der Waals surface area contributed by atoms with E-state index in [-0.39, 0.29) is 16.7 Å². The minimum atomic E-state index is -4.94. The maximum Gasteiger partial charge on any atom is 0.573 e. The van der Waals surface area contributed by atoms with Crippen LogP contribution in [0, 0.1) is 0 Å². The fourth-order valence-corrected chi connectivity index (χ4v) is 4.58. The van der Waals surface area contributed by atoms with E-state index in [1.165, 1.54) is 12.1 Å². The van der Waals surface area contributed by atoms with Crippen molar-refractivity contribution in [2.75, 3.05) is 11.5 Å². The summed E-state index contributed by atoms with van der Waals surface area (Å²) in [6.07, 6.45) is -4.94. The quantitative estimate of drug-likeness (QED) is 0.209. The fourth-order valence-electron chi connectivity index (χ4n) is 4.58. The van der Waals surface area contributed by atoms with Crippen LogP contribution >= 0.6 is 0 Å². The average molecular weight is 540 g/mol. The second-order valence-electron chi connectivity index (χ2n) is 10.0. The van der Waals surface area contributed by atoms with Crippen LogP contribution in [-0.2, 0) is 15.0 Å². The Labute approximate surface area is 224 Å². The van der Waals surface area contributed by atoms with Gasteiger partial charge in [0, 0.05) is 22.9 Å². The molecule has 1 aliphatic rings. The van der Waals surface area contributed by atoms with E-state index < -0.39 is 35.6 Å². The lowest BCUT2D eigenvalue weighted by atomic mass is 9.84. The first-order valence-electron chi connectivity index (χ1n) is 12.3. The number of benzene rings is 3. The Kier molecular flexibility index (Phi) is 7.46. The van der Waals surface area contributed by atoms with Crippen LogP contribution in [0.25, 0.3) is 5.76 Å². The Morgan fingerprint density at radius 3 is 2.26 bits per heavy atom. The van der Waals surface area contributed by atoms with Crippen LogP contribution in [0.2, 0.25) is 0 Å². The monoisotopic (exact) mass is 539 g/mol. The topological polar surface area (TPSA) is 76.1 Å². The van der Waals surface area contributed by atoms with Crippen LogP contribution in [0.5, 0.6) is 11.5 Å². The molecule has 1 aliphatic heterocycles. The highest BCUT2D eigenvalue weighted by molar-refractivity contribution is 6.51. The van der Waals surface area contributed by atoms with Crippen LogP contribution in [0.15, 0.2) is 78.4 Å². The molecule has 1 heterocycles. The van der Waals surface area contributed by atoms with E-state index >= 15 is 0 Å². The third-order valence-electron chi connectivity index (χ3n) is 6.25. The molecule has 0 radical (unpaired) electrons. The molecule has 9 heteroatoms. The smallest absolute Gasteiger partial charge is 0.507 e.